The van der Waals surface area contributed by atoms with Crippen LogP contribution in [0, 0.1) is 5.82 Å². The van der Waals surface area contributed by atoms with Gasteiger partial charge in [0.2, 0.25) is 0 Å². The fraction of sp³-hybridized carbons (Fsp3) is 0.455. The van der Waals surface area contributed by atoms with Gasteiger partial charge in [0.15, 0.2) is 11.6 Å². The summed E-state index contributed by atoms with van der Waals surface area (Å²) in [4.78, 5) is 0. The van der Waals surface area contributed by atoms with Crippen molar-refractivity contribution >= 4 is 0 Å². The van der Waals surface area contributed by atoms with E-state index in [-0.39, 0.29) is 5.56 Å². The number of aromatic hydroxyl groups is 1. The average molecular weight is 236 g/mol. The van der Waals surface area contributed by atoms with Gasteiger partial charge >= 0.3 is 6.18 Å². The van der Waals surface area contributed by atoms with Gasteiger partial charge < -0.3 is 5.11 Å². The molecule has 1 aromatic rings. The second kappa shape index (κ2) is 3.64. The molecule has 1 aromatic carbocycles. The smallest absolute Gasteiger partial charge is 0.416 e. The number of phenols is 1. The molecular weight excluding hydrogens is 224 g/mol. The predicted octanol–water partition coefficient (Wildman–Crippen LogP) is 3.85. The van der Waals surface area contributed by atoms with Crippen molar-refractivity contribution in [3.8, 4) is 5.75 Å². The van der Waals surface area contributed by atoms with Crippen LogP contribution in [0.1, 0.15) is 31.9 Å². The minimum absolute atomic E-state index is 0.171. The molecule has 0 saturated carbocycles. The molecule has 1 rings (SSSR count). The van der Waals surface area contributed by atoms with Gasteiger partial charge in [0.05, 0.1) is 5.56 Å². The summed E-state index contributed by atoms with van der Waals surface area (Å²) in [6.07, 6.45) is -4.60. The molecule has 1 N–H and O–H groups in total. The predicted molar refractivity (Wildman–Crippen MR) is 51.8 cm³/mol. The molecule has 0 heterocycles. The maximum absolute atomic E-state index is 13.1. The minimum Gasteiger partial charge on any atom is -0.505 e. The van der Waals surface area contributed by atoms with Crippen LogP contribution >= 0.6 is 0 Å². The zero-order valence-electron chi connectivity index (χ0n) is 9.11. The third-order valence-electron chi connectivity index (χ3n) is 2.20. The number of phenolic OH excluding ortho intramolecular Hbond substituents is 1. The van der Waals surface area contributed by atoms with Crippen molar-refractivity contribution in [3.05, 3.63) is 29.1 Å². The molecule has 0 aliphatic carbocycles. The SMILES string of the molecule is CC(C)(C)c1cc(F)c(O)cc1C(F)(F)F. The number of benzene rings is 1. The van der Waals surface area contributed by atoms with Gasteiger partial charge in [-0.25, -0.2) is 4.39 Å². The van der Waals surface area contributed by atoms with Crippen molar-refractivity contribution in [1.82, 2.24) is 0 Å². The van der Waals surface area contributed by atoms with E-state index in [9.17, 15) is 17.6 Å². The molecule has 0 aliphatic heterocycles. The molecule has 0 fully saturated rings. The van der Waals surface area contributed by atoms with Gasteiger partial charge in [-0.1, -0.05) is 20.8 Å². The molecule has 0 radical (unpaired) electrons. The molecule has 0 aromatic heterocycles. The van der Waals surface area contributed by atoms with Crippen LogP contribution in [0.5, 0.6) is 5.75 Å². The van der Waals surface area contributed by atoms with Crippen LogP contribution in [0.25, 0.3) is 0 Å². The lowest BCUT2D eigenvalue weighted by atomic mass is 9.83. The van der Waals surface area contributed by atoms with Crippen LogP contribution in [0.15, 0.2) is 12.1 Å². The lowest BCUT2D eigenvalue weighted by molar-refractivity contribution is -0.138. The number of alkyl halides is 3. The number of hydrogen-bond acceptors (Lipinski definition) is 1. The van der Waals surface area contributed by atoms with Crippen molar-refractivity contribution < 1.29 is 22.7 Å². The Labute approximate surface area is 90.7 Å². The summed E-state index contributed by atoms with van der Waals surface area (Å²) in [6.45, 7) is 4.65. The fourth-order valence-electron chi connectivity index (χ4n) is 1.42. The van der Waals surface area contributed by atoms with E-state index >= 15 is 0 Å². The van der Waals surface area contributed by atoms with Crippen LogP contribution in [-0.4, -0.2) is 5.11 Å². The van der Waals surface area contributed by atoms with E-state index in [0.717, 1.165) is 6.07 Å². The lowest BCUT2D eigenvalue weighted by Crippen LogP contribution is -2.19. The molecule has 5 heteroatoms. The number of rotatable bonds is 0. The van der Waals surface area contributed by atoms with Gasteiger partial charge in [-0.05, 0) is 23.1 Å². The Morgan fingerprint density at radius 1 is 1.00 bits per heavy atom. The third-order valence-corrected chi connectivity index (χ3v) is 2.20. The molecule has 1 nitrogen and oxygen atoms in total. The van der Waals surface area contributed by atoms with E-state index in [0.29, 0.717) is 6.07 Å². The topological polar surface area (TPSA) is 20.2 Å². The summed E-state index contributed by atoms with van der Waals surface area (Å²) in [5, 5.41) is 8.98. The second-order valence-electron chi connectivity index (χ2n) is 4.60. The Bertz CT molecular complexity index is 363. The first-order chi connectivity index (χ1) is 7.03. The largest absolute Gasteiger partial charge is 0.505 e. The molecule has 16 heavy (non-hydrogen) atoms. The highest BCUT2D eigenvalue weighted by atomic mass is 19.4. The maximum Gasteiger partial charge on any atom is 0.416 e. The highest BCUT2D eigenvalue weighted by Gasteiger charge is 2.37. The molecule has 0 aliphatic rings. The average Bonchev–Trinajstić information content (AvgIpc) is 2.05. The van der Waals surface area contributed by atoms with Crippen molar-refractivity contribution in [2.45, 2.75) is 32.4 Å². The van der Waals surface area contributed by atoms with Gasteiger partial charge in [0.1, 0.15) is 0 Å². The Hall–Kier alpha value is -1.26. The van der Waals surface area contributed by atoms with Gasteiger partial charge in [-0.3, -0.25) is 0 Å². The van der Waals surface area contributed by atoms with Crippen molar-refractivity contribution in [3.63, 3.8) is 0 Å². The quantitative estimate of drug-likeness (QED) is 0.678. The lowest BCUT2D eigenvalue weighted by Gasteiger charge is -2.24. The van der Waals surface area contributed by atoms with Crippen LogP contribution in [-0.2, 0) is 11.6 Å². The van der Waals surface area contributed by atoms with E-state index in [1.54, 1.807) is 20.8 Å². The van der Waals surface area contributed by atoms with E-state index in [4.69, 9.17) is 5.11 Å². The molecule has 0 spiro atoms. The molecule has 0 atom stereocenters. The normalized spacial score (nSPS) is 12.9. The van der Waals surface area contributed by atoms with Gasteiger partial charge in [-0.2, -0.15) is 13.2 Å². The van der Waals surface area contributed by atoms with Gasteiger partial charge in [-0.15, -0.1) is 0 Å². The van der Waals surface area contributed by atoms with Crippen LogP contribution in [0.3, 0.4) is 0 Å². The molecule has 0 bridgehead atoms. The Kier molecular flexibility index (Phi) is 2.92. The van der Waals surface area contributed by atoms with Crippen molar-refractivity contribution in [2.75, 3.05) is 0 Å². The summed E-state index contributed by atoms with van der Waals surface area (Å²) in [6, 6.07) is 1.16. The highest BCUT2D eigenvalue weighted by molar-refractivity contribution is 5.41. The zero-order chi connectivity index (χ0) is 12.7. The number of hydrogen-bond donors (Lipinski definition) is 1. The molecule has 0 unspecified atom stereocenters. The fourth-order valence-corrected chi connectivity index (χ4v) is 1.42. The summed E-state index contributed by atoms with van der Waals surface area (Å²) in [7, 11) is 0. The summed E-state index contributed by atoms with van der Waals surface area (Å²) < 4.78 is 51.0. The Morgan fingerprint density at radius 2 is 1.50 bits per heavy atom. The summed E-state index contributed by atoms with van der Waals surface area (Å²) >= 11 is 0. The molecule has 90 valence electrons. The monoisotopic (exact) mass is 236 g/mol. The second-order valence-corrected chi connectivity index (χ2v) is 4.60. The van der Waals surface area contributed by atoms with E-state index in [2.05, 4.69) is 0 Å². The first-order valence-electron chi connectivity index (χ1n) is 4.63. The molecular formula is C11H12F4O. The van der Waals surface area contributed by atoms with E-state index < -0.39 is 28.7 Å². The maximum atomic E-state index is 13.1. The van der Waals surface area contributed by atoms with Crippen LogP contribution in [0.4, 0.5) is 17.6 Å². The Morgan fingerprint density at radius 3 is 1.88 bits per heavy atom. The minimum atomic E-state index is -4.60. The standard InChI is InChI=1S/C11H12F4O/c1-10(2,3)6-4-8(12)9(16)5-7(6)11(13,14)15/h4-5,16H,1-3H3. The third kappa shape index (κ3) is 2.46. The van der Waals surface area contributed by atoms with E-state index in [1.165, 1.54) is 0 Å². The Balaban J connectivity index is 3.53. The molecule has 0 saturated heterocycles. The first-order valence-corrected chi connectivity index (χ1v) is 4.63. The summed E-state index contributed by atoms with van der Waals surface area (Å²) in [5.74, 6) is -2.03. The molecule has 0 amide bonds. The number of halogens is 4. The summed E-state index contributed by atoms with van der Waals surface area (Å²) in [5.41, 5.74) is -2.02. The van der Waals surface area contributed by atoms with Gasteiger partial charge in [0.25, 0.3) is 0 Å². The first kappa shape index (κ1) is 12.8. The highest BCUT2D eigenvalue weighted by Crippen LogP contribution is 2.40. The van der Waals surface area contributed by atoms with Crippen molar-refractivity contribution in [1.29, 1.82) is 0 Å². The van der Waals surface area contributed by atoms with Crippen molar-refractivity contribution in [2.24, 2.45) is 0 Å². The zero-order valence-corrected chi connectivity index (χ0v) is 9.11. The van der Waals surface area contributed by atoms with Crippen LogP contribution in [0.2, 0.25) is 0 Å². The van der Waals surface area contributed by atoms with Crippen LogP contribution < -0.4 is 0 Å². The van der Waals surface area contributed by atoms with E-state index in [1.807, 2.05) is 0 Å². The van der Waals surface area contributed by atoms with Gasteiger partial charge in [0, 0.05) is 0 Å².